The normalized spacial score (nSPS) is 11.4. The Bertz CT molecular complexity index is 3090. The SMILES string of the molecule is CCCCCCCCCCCCCCCCCCCC(=O)NCCc1c[nH]c2ccc(O)cc12.CCCCCCCCCCCCCCCCCCCCCC(=O)NCCc1c[nH]c2ccc(O)cc12.CCCCCCCCCCCCCCCCCCCCCCCC(=O)NCCc1c[nH]c2ccc(O)cc12. The first-order chi connectivity index (χ1) is 53.1. The van der Waals surface area contributed by atoms with E-state index in [2.05, 4.69) is 51.7 Å². The van der Waals surface area contributed by atoms with Crippen LogP contribution in [0.3, 0.4) is 0 Å². The number of aromatic hydroxyl groups is 3. The average Bonchev–Trinajstić information content (AvgIpc) is 1.70. The fourth-order valence-electron chi connectivity index (χ4n) is 15.5. The molecule has 6 rings (SSSR count). The zero-order valence-electron chi connectivity index (χ0n) is 69.7. The molecule has 12 heteroatoms. The Morgan fingerprint density at radius 3 is 0.593 bits per heavy atom. The van der Waals surface area contributed by atoms with Gasteiger partial charge in [-0.2, -0.15) is 0 Å². The summed E-state index contributed by atoms with van der Waals surface area (Å²) in [6.45, 7) is 8.78. The van der Waals surface area contributed by atoms with Crippen LogP contribution in [0.2, 0.25) is 0 Å². The summed E-state index contributed by atoms with van der Waals surface area (Å²) in [6.07, 6.45) is 88.2. The predicted molar refractivity (Wildman–Crippen MR) is 464 cm³/mol. The van der Waals surface area contributed by atoms with Gasteiger partial charge in [-0.05, 0) is 110 Å². The van der Waals surface area contributed by atoms with Gasteiger partial charge in [-0.15, -0.1) is 0 Å². The van der Waals surface area contributed by atoms with Crippen LogP contribution in [0.5, 0.6) is 17.2 Å². The fraction of sp³-hybridized carbons (Fsp3) is 0.719. The van der Waals surface area contributed by atoms with Gasteiger partial charge in [0, 0.05) is 90.2 Å². The molecule has 0 aliphatic carbocycles. The minimum atomic E-state index is 0.156. The van der Waals surface area contributed by atoms with E-state index >= 15 is 0 Å². The number of unbranched alkanes of at least 4 members (excludes halogenated alkanes) is 54. The van der Waals surface area contributed by atoms with Crippen molar-refractivity contribution in [3.63, 3.8) is 0 Å². The van der Waals surface area contributed by atoms with Gasteiger partial charge in [0.05, 0.1) is 0 Å². The van der Waals surface area contributed by atoms with Gasteiger partial charge in [0.1, 0.15) is 17.2 Å². The number of rotatable bonds is 69. The maximum Gasteiger partial charge on any atom is 0.220 e. The molecule has 108 heavy (non-hydrogen) atoms. The van der Waals surface area contributed by atoms with Gasteiger partial charge in [0.15, 0.2) is 0 Å². The molecule has 12 nitrogen and oxygen atoms in total. The Kier molecular flexibility index (Phi) is 58.5. The van der Waals surface area contributed by atoms with Gasteiger partial charge in [0.2, 0.25) is 17.7 Å². The molecule has 0 fully saturated rings. The lowest BCUT2D eigenvalue weighted by Crippen LogP contribution is -2.25. The summed E-state index contributed by atoms with van der Waals surface area (Å²) in [6, 6.07) is 16.0. The number of carbonyl (C=O) groups is 3. The van der Waals surface area contributed by atoms with Crippen molar-refractivity contribution < 1.29 is 29.7 Å². The molecule has 3 aromatic heterocycles. The largest absolute Gasteiger partial charge is 0.508 e. The summed E-state index contributed by atoms with van der Waals surface area (Å²) in [5.41, 5.74) is 6.44. The number of carbonyl (C=O) groups excluding carboxylic acids is 3. The van der Waals surface area contributed by atoms with Crippen LogP contribution in [-0.2, 0) is 33.6 Å². The van der Waals surface area contributed by atoms with Crippen LogP contribution in [0.15, 0.2) is 73.2 Å². The Labute approximate surface area is 659 Å². The minimum Gasteiger partial charge on any atom is -0.508 e. The van der Waals surface area contributed by atoms with Crippen LogP contribution in [0.1, 0.15) is 423 Å². The first-order valence-corrected chi connectivity index (χ1v) is 45.8. The second-order valence-corrected chi connectivity index (χ2v) is 32.3. The number of hydrogen-bond acceptors (Lipinski definition) is 6. The summed E-state index contributed by atoms with van der Waals surface area (Å²) in [4.78, 5) is 46.0. The van der Waals surface area contributed by atoms with Gasteiger partial charge in [-0.25, -0.2) is 0 Å². The quantitative estimate of drug-likeness (QED) is 0.0170. The zero-order chi connectivity index (χ0) is 77.1. The van der Waals surface area contributed by atoms with Gasteiger partial charge >= 0.3 is 0 Å². The number of benzene rings is 3. The van der Waals surface area contributed by atoms with E-state index in [0.717, 1.165) is 107 Å². The molecule has 0 bridgehead atoms. The molecule has 9 N–H and O–H groups in total. The van der Waals surface area contributed by atoms with Crippen LogP contribution in [0, 0.1) is 0 Å². The lowest BCUT2D eigenvalue weighted by molar-refractivity contribution is -0.122. The number of fused-ring (bicyclic) bond motifs is 3. The zero-order valence-corrected chi connectivity index (χ0v) is 69.7. The van der Waals surface area contributed by atoms with Crippen molar-refractivity contribution in [2.75, 3.05) is 19.6 Å². The monoisotopic (exact) mass is 1500 g/mol. The van der Waals surface area contributed by atoms with Gasteiger partial charge in [-0.1, -0.05) is 367 Å². The first kappa shape index (κ1) is 94.5. The molecule has 3 amide bonds. The van der Waals surface area contributed by atoms with Crippen LogP contribution in [0.25, 0.3) is 32.7 Å². The number of amides is 3. The van der Waals surface area contributed by atoms with Crippen molar-refractivity contribution in [1.82, 2.24) is 30.9 Å². The van der Waals surface area contributed by atoms with Crippen LogP contribution < -0.4 is 16.0 Å². The summed E-state index contributed by atoms with van der Waals surface area (Å²) in [7, 11) is 0. The number of phenols is 3. The van der Waals surface area contributed by atoms with Crippen molar-refractivity contribution >= 4 is 50.4 Å². The molecule has 612 valence electrons. The summed E-state index contributed by atoms with van der Waals surface area (Å²) >= 11 is 0. The Hall–Kier alpha value is -5.91. The number of phenolic OH excluding ortho intramolecular Hbond substituents is 3. The number of H-pyrrole nitrogens is 3. The predicted octanol–water partition coefficient (Wildman–Crippen LogP) is 28.1. The minimum absolute atomic E-state index is 0.156. The van der Waals surface area contributed by atoms with E-state index < -0.39 is 0 Å². The lowest BCUT2D eigenvalue weighted by Gasteiger charge is -2.06. The number of nitrogens with one attached hydrogen (secondary N) is 6. The second-order valence-electron chi connectivity index (χ2n) is 32.3. The van der Waals surface area contributed by atoms with Crippen molar-refractivity contribution in [1.29, 1.82) is 0 Å². The van der Waals surface area contributed by atoms with Crippen molar-refractivity contribution in [2.24, 2.45) is 0 Å². The van der Waals surface area contributed by atoms with E-state index in [0.29, 0.717) is 38.9 Å². The Morgan fingerprint density at radius 1 is 0.250 bits per heavy atom. The molecular formula is C96H162N6O6. The third kappa shape index (κ3) is 49.4. The van der Waals surface area contributed by atoms with Crippen molar-refractivity contribution in [3.8, 4) is 17.2 Å². The molecule has 3 aromatic carbocycles. The van der Waals surface area contributed by atoms with E-state index in [1.807, 2.05) is 36.8 Å². The van der Waals surface area contributed by atoms with Gasteiger partial charge < -0.3 is 46.2 Å². The second kappa shape index (κ2) is 66.8. The Balaban J connectivity index is 0.000000343. The highest BCUT2D eigenvalue weighted by molar-refractivity contribution is 5.86. The first-order valence-electron chi connectivity index (χ1n) is 45.8. The third-order valence-electron chi connectivity index (χ3n) is 22.4. The molecular weight excluding hydrogens is 1330 g/mol. The van der Waals surface area contributed by atoms with Crippen LogP contribution in [0.4, 0.5) is 0 Å². The highest BCUT2D eigenvalue weighted by Crippen LogP contribution is 2.27. The van der Waals surface area contributed by atoms with E-state index in [9.17, 15) is 29.7 Å². The fourth-order valence-corrected chi connectivity index (χ4v) is 15.5. The molecule has 0 radical (unpaired) electrons. The average molecular weight is 1500 g/mol. The standard InChI is InChI=1S/C34H58N2O2.C32H54N2O2.C30H50N2O2/c1-2-3-4-5-6-7-8-9-10-11-12-13-14-15-16-17-18-19-20-21-22-23-34(38)35-27-26-30-29-36-33-25-24-31(37)28-32(30)33;1-2-3-4-5-6-7-8-9-10-11-12-13-14-15-16-17-18-19-20-21-32(36)33-25-24-28-27-34-31-23-22-29(35)26-30(28)31;1-2-3-4-5-6-7-8-9-10-11-12-13-14-15-16-17-18-19-30(34)31-23-22-26-25-32-29-21-20-27(33)24-28(26)29/h24-25,28-29,36-37H,2-23,26-27H2,1H3,(H,35,38);22-23,26-27,34-35H,2-21,24-25H2,1H3,(H,33,36);20-21,24-25,32-33H,2-19,22-23H2,1H3,(H,31,34). The molecule has 0 spiro atoms. The highest BCUT2D eigenvalue weighted by atomic mass is 16.3. The molecule has 6 aromatic rings. The van der Waals surface area contributed by atoms with Gasteiger partial charge in [-0.3, -0.25) is 14.4 Å². The molecule has 0 unspecified atom stereocenters. The third-order valence-corrected chi connectivity index (χ3v) is 22.4. The van der Waals surface area contributed by atoms with Crippen molar-refractivity contribution in [3.05, 3.63) is 89.9 Å². The van der Waals surface area contributed by atoms with E-state index in [1.165, 1.54) is 327 Å². The van der Waals surface area contributed by atoms with Gasteiger partial charge in [0.25, 0.3) is 0 Å². The topological polar surface area (TPSA) is 195 Å². The Morgan fingerprint density at radius 2 is 0.417 bits per heavy atom. The summed E-state index contributed by atoms with van der Waals surface area (Å²) in [5.74, 6) is 1.30. The van der Waals surface area contributed by atoms with E-state index in [4.69, 9.17) is 0 Å². The molecule has 0 atom stereocenters. The molecule has 0 saturated heterocycles. The highest BCUT2D eigenvalue weighted by Gasteiger charge is 2.11. The van der Waals surface area contributed by atoms with Crippen LogP contribution >= 0.6 is 0 Å². The molecule has 0 aliphatic heterocycles. The molecule has 3 heterocycles. The smallest absolute Gasteiger partial charge is 0.220 e. The van der Waals surface area contributed by atoms with Crippen molar-refractivity contribution in [2.45, 2.75) is 425 Å². The molecule has 0 aliphatic rings. The lowest BCUT2D eigenvalue weighted by atomic mass is 10.0. The maximum absolute atomic E-state index is 12.1. The van der Waals surface area contributed by atoms with E-state index in [-0.39, 0.29) is 35.0 Å². The number of hydrogen-bond donors (Lipinski definition) is 9. The number of aromatic amines is 3. The maximum atomic E-state index is 12.1. The molecule has 0 saturated carbocycles. The van der Waals surface area contributed by atoms with Crippen LogP contribution in [-0.4, -0.2) is 67.6 Å². The van der Waals surface area contributed by atoms with E-state index in [1.54, 1.807) is 36.4 Å². The summed E-state index contributed by atoms with van der Waals surface area (Å²) < 4.78 is 0. The number of aromatic nitrogens is 3. The summed E-state index contributed by atoms with van der Waals surface area (Å²) in [5, 5.41) is 41.3.